The molecule has 3 aromatic rings. The van der Waals surface area contributed by atoms with Crippen LogP contribution in [0.3, 0.4) is 0 Å². The number of carbonyl (C=O) groups excluding carboxylic acids is 1. The molecule has 3 aromatic heterocycles. The topological polar surface area (TPSA) is 90.9 Å². The zero-order valence-electron chi connectivity index (χ0n) is 15.3. The van der Waals surface area contributed by atoms with Gasteiger partial charge in [0.05, 0.1) is 16.8 Å². The third-order valence-corrected chi connectivity index (χ3v) is 4.88. The molecule has 1 fully saturated rings. The number of anilines is 1. The lowest BCUT2D eigenvalue weighted by Gasteiger charge is -2.35. The number of fused-ring (bicyclic) bond motifs is 1. The molecule has 0 N–H and O–H groups in total. The first kappa shape index (κ1) is 17.0. The molecule has 4 rings (SSSR count). The summed E-state index contributed by atoms with van der Waals surface area (Å²) in [6.45, 7) is 4.34. The zero-order chi connectivity index (χ0) is 19.0. The van der Waals surface area contributed by atoms with Crippen LogP contribution in [0.1, 0.15) is 21.6 Å². The Bertz CT molecular complexity index is 1060. The Hall–Kier alpha value is -3.47. The lowest BCUT2D eigenvalue weighted by atomic mass is 10.1. The van der Waals surface area contributed by atoms with Crippen molar-refractivity contribution in [3.05, 3.63) is 47.4 Å². The molecule has 8 nitrogen and oxygen atoms in total. The van der Waals surface area contributed by atoms with Gasteiger partial charge in [0.15, 0.2) is 5.65 Å². The average molecular weight is 361 g/mol. The van der Waals surface area contributed by atoms with E-state index in [1.54, 1.807) is 29.2 Å². The van der Waals surface area contributed by atoms with Crippen LogP contribution in [0.25, 0.3) is 11.0 Å². The number of nitrogens with zero attached hydrogens (tertiary/aromatic N) is 7. The van der Waals surface area contributed by atoms with E-state index in [1.807, 2.05) is 24.9 Å². The van der Waals surface area contributed by atoms with Gasteiger partial charge in [0.2, 0.25) is 0 Å². The molecule has 0 saturated carbocycles. The van der Waals surface area contributed by atoms with Gasteiger partial charge < -0.3 is 9.80 Å². The summed E-state index contributed by atoms with van der Waals surface area (Å²) in [5.41, 5.74) is 2.76. The summed E-state index contributed by atoms with van der Waals surface area (Å²) >= 11 is 0. The largest absolute Gasteiger partial charge is 0.352 e. The molecule has 0 unspecified atom stereocenters. The van der Waals surface area contributed by atoms with Crippen molar-refractivity contribution in [3.63, 3.8) is 0 Å². The highest BCUT2D eigenvalue weighted by Gasteiger charge is 2.25. The summed E-state index contributed by atoms with van der Waals surface area (Å²) in [7, 11) is 1.84. The number of rotatable bonds is 2. The maximum absolute atomic E-state index is 12.9. The number of aromatic nitrogens is 4. The molecule has 0 radical (unpaired) electrons. The summed E-state index contributed by atoms with van der Waals surface area (Å²) in [5.74, 6) is 0.648. The smallest absolute Gasteiger partial charge is 0.255 e. The van der Waals surface area contributed by atoms with Crippen molar-refractivity contribution in [2.45, 2.75) is 6.92 Å². The molecule has 0 aliphatic carbocycles. The molecule has 0 atom stereocenters. The van der Waals surface area contributed by atoms with Gasteiger partial charge in [-0.3, -0.25) is 9.48 Å². The number of hydrogen-bond donors (Lipinski definition) is 0. The van der Waals surface area contributed by atoms with E-state index < -0.39 is 0 Å². The molecular formula is C19H19N7O. The predicted molar refractivity (Wildman–Crippen MR) is 100 cm³/mol. The fourth-order valence-corrected chi connectivity index (χ4v) is 3.47. The van der Waals surface area contributed by atoms with Gasteiger partial charge >= 0.3 is 0 Å². The van der Waals surface area contributed by atoms with Crippen LogP contribution >= 0.6 is 0 Å². The summed E-state index contributed by atoms with van der Waals surface area (Å²) in [6.07, 6.45) is 3.30. The molecule has 8 heteroatoms. The second-order valence-corrected chi connectivity index (χ2v) is 6.57. The van der Waals surface area contributed by atoms with Crippen LogP contribution in [0.5, 0.6) is 0 Å². The van der Waals surface area contributed by atoms with Crippen LogP contribution in [-0.4, -0.2) is 56.7 Å². The van der Waals surface area contributed by atoms with Gasteiger partial charge in [0, 0.05) is 51.0 Å². The summed E-state index contributed by atoms with van der Waals surface area (Å²) in [6, 6.07) is 7.56. The maximum Gasteiger partial charge on any atom is 0.255 e. The molecule has 0 aromatic carbocycles. The van der Waals surface area contributed by atoms with Crippen molar-refractivity contribution in [2.24, 2.45) is 7.05 Å². The minimum atomic E-state index is -0.0335. The Kier molecular flexibility index (Phi) is 4.20. The van der Waals surface area contributed by atoms with E-state index >= 15 is 0 Å². The highest BCUT2D eigenvalue weighted by atomic mass is 16.2. The lowest BCUT2D eigenvalue weighted by Crippen LogP contribution is -2.49. The van der Waals surface area contributed by atoms with Crippen molar-refractivity contribution in [3.8, 4) is 6.07 Å². The van der Waals surface area contributed by atoms with Crippen molar-refractivity contribution in [2.75, 3.05) is 31.1 Å². The first-order valence-corrected chi connectivity index (χ1v) is 8.77. The van der Waals surface area contributed by atoms with Crippen LogP contribution in [0.4, 0.5) is 5.82 Å². The van der Waals surface area contributed by atoms with Gasteiger partial charge in [-0.05, 0) is 25.1 Å². The minimum absolute atomic E-state index is 0.0335. The first-order chi connectivity index (χ1) is 13.1. The van der Waals surface area contributed by atoms with Crippen molar-refractivity contribution < 1.29 is 4.79 Å². The highest BCUT2D eigenvalue weighted by molar-refractivity contribution is 5.97. The van der Waals surface area contributed by atoms with Gasteiger partial charge in [0.1, 0.15) is 11.9 Å². The van der Waals surface area contributed by atoms with E-state index in [0.29, 0.717) is 43.1 Å². The first-order valence-electron chi connectivity index (χ1n) is 8.77. The minimum Gasteiger partial charge on any atom is -0.352 e. The Morgan fingerprint density at radius 1 is 1.22 bits per heavy atom. The van der Waals surface area contributed by atoms with Gasteiger partial charge in [0.25, 0.3) is 5.91 Å². The summed E-state index contributed by atoms with van der Waals surface area (Å²) < 4.78 is 1.72. The highest BCUT2D eigenvalue weighted by Crippen LogP contribution is 2.20. The van der Waals surface area contributed by atoms with Crippen LogP contribution in [0.15, 0.2) is 30.6 Å². The van der Waals surface area contributed by atoms with Crippen molar-refractivity contribution in [1.29, 1.82) is 5.26 Å². The molecule has 4 heterocycles. The molecule has 1 aliphatic heterocycles. The number of nitriles is 1. The molecule has 136 valence electrons. The van der Waals surface area contributed by atoms with Gasteiger partial charge in [-0.25, -0.2) is 9.97 Å². The molecule has 0 spiro atoms. The second-order valence-electron chi connectivity index (χ2n) is 6.57. The average Bonchev–Trinajstić information content (AvgIpc) is 3.00. The number of piperazine rings is 1. The molecule has 1 aliphatic rings. The Balaban J connectivity index is 1.50. The normalized spacial score (nSPS) is 14.4. The van der Waals surface area contributed by atoms with E-state index in [4.69, 9.17) is 0 Å². The third kappa shape index (κ3) is 2.97. The number of pyridine rings is 2. The Labute approximate surface area is 156 Å². The number of hydrogen-bond acceptors (Lipinski definition) is 6. The fraction of sp³-hybridized carbons (Fsp3) is 0.316. The quantitative estimate of drug-likeness (QED) is 0.687. The number of carbonyl (C=O) groups is 1. The lowest BCUT2D eigenvalue weighted by molar-refractivity contribution is 0.0746. The van der Waals surface area contributed by atoms with E-state index in [0.717, 1.165) is 16.7 Å². The van der Waals surface area contributed by atoms with Gasteiger partial charge in [-0.1, -0.05) is 0 Å². The van der Waals surface area contributed by atoms with Crippen LogP contribution in [-0.2, 0) is 7.05 Å². The van der Waals surface area contributed by atoms with Crippen LogP contribution in [0, 0.1) is 18.3 Å². The van der Waals surface area contributed by atoms with Crippen molar-refractivity contribution >= 4 is 22.8 Å². The van der Waals surface area contributed by atoms with E-state index in [9.17, 15) is 10.1 Å². The number of amides is 1. The second kappa shape index (κ2) is 6.68. The molecule has 1 amide bonds. The summed E-state index contributed by atoms with van der Waals surface area (Å²) in [5, 5.41) is 14.5. The Morgan fingerprint density at radius 3 is 2.74 bits per heavy atom. The predicted octanol–water partition coefficient (Wildman–Crippen LogP) is 1.51. The van der Waals surface area contributed by atoms with E-state index in [1.165, 1.54) is 0 Å². The third-order valence-electron chi connectivity index (χ3n) is 4.88. The fourth-order valence-electron chi connectivity index (χ4n) is 3.47. The van der Waals surface area contributed by atoms with E-state index in [-0.39, 0.29) is 5.91 Å². The maximum atomic E-state index is 12.9. The molecule has 1 saturated heterocycles. The zero-order valence-corrected chi connectivity index (χ0v) is 15.3. The van der Waals surface area contributed by atoms with Gasteiger partial charge in [-0.15, -0.1) is 0 Å². The SMILES string of the molecule is Cc1nn(C)c2ncc(C(=O)N3CCN(c4ncccc4C#N)CC3)cc12. The summed E-state index contributed by atoms with van der Waals surface area (Å²) in [4.78, 5) is 25.5. The van der Waals surface area contributed by atoms with Gasteiger partial charge in [-0.2, -0.15) is 10.4 Å². The standard InChI is InChI=1S/C19H19N7O/c1-13-16-10-15(12-22-18(16)24(2)23-13)19(27)26-8-6-25(7-9-26)17-14(11-20)4-3-5-21-17/h3-5,10,12H,6-9H2,1-2H3. The van der Waals surface area contributed by atoms with E-state index in [2.05, 4.69) is 26.0 Å². The molecule has 27 heavy (non-hydrogen) atoms. The number of aryl methyl sites for hydroxylation is 2. The van der Waals surface area contributed by atoms with Crippen LogP contribution < -0.4 is 4.90 Å². The molecule has 0 bridgehead atoms. The van der Waals surface area contributed by atoms with Crippen LogP contribution in [0.2, 0.25) is 0 Å². The Morgan fingerprint density at radius 2 is 2.00 bits per heavy atom. The molecular weight excluding hydrogens is 342 g/mol. The monoisotopic (exact) mass is 361 g/mol. The van der Waals surface area contributed by atoms with Crippen molar-refractivity contribution in [1.82, 2.24) is 24.6 Å².